The monoisotopic (exact) mass is 348 g/mol. The molecular weight excluding hydrogens is 333 g/mol. The molecule has 0 aliphatic heterocycles. The number of imidazole rings is 1. The standard InChI is InChI=1S/C17H15F3N4O/c1-10(14(21)25)15-23-13-3-2-8-22-16(13)24(15)9-11-4-6-12(7-5-11)17(18,19)20/h2-8,10H,9H2,1H3,(H2,21,25). The number of carbonyl (C=O) groups is 1. The fourth-order valence-corrected chi connectivity index (χ4v) is 2.57. The largest absolute Gasteiger partial charge is 0.416 e. The maximum atomic E-state index is 12.7. The number of primary amides is 1. The lowest BCUT2D eigenvalue weighted by Crippen LogP contribution is -2.22. The Kier molecular flexibility index (Phi) is 4.20. The van der Waals surface area contributed by atoms with Gasteiger partial charge in [-0.15, -0.1) is 0 Å². The van der Waals surface area contributed by atoms with Gasteiger partial charge in [0.1, 0.15) is 11.3 Å². The number of alkyl halides is 3. The van der Waals surface area contributed by atoms with Crippen molar-refractivity contribution in [3.8, 4) is 0 Å². The predicted octanol–water partition coefficient (Wildman–Crippen LogP) is 3.09. The van der Waals surface area contributed by atoms with Crippen LogP contribution in [0.1, 0.15) is 29.8 Å². The van der Waals surface area contributed by atoms with E-state index >= 15 is 0 Å². The molecule has 1 unspecified atom stereocenters. The number of pyridine rings is 1. The van der Waals surface area contributed by atoms with E-state index in [4.69, 9.17) is 5.73 Å². The Morgan fingerprint density at radius 1 is 1.24 bits per heavy atom. The summed E-state index contributed by atoms with van der Waals surface area (Å²) >= 11 is 0. The first-order valence-electron chi connectivity index (χ1n) is 7.54. The number of nitrogens with two attached hydrogens (primary N) is 1. The maximum Gasteiger partial charge on any atom is 0.416 e. The van der Waals surface area contributed by atoms with E-state index in [1.165, 1.54) is 12.1 Å². The zero-order valence-electron chi connectivity index (χ0n) is 13.3. The number of nitrogens with zero attached hydrogens (tertiary/aromatic N) is 3. The van der Waals surface area contributed by atoms with Crippen LogP contribution in [0.4, 0.5) is 13.2 Å². The zero-order chi connectivity index (χ0) is 18.2. The molecule has 2 aromatic heterocycles. The lowest BCUT2D eigenvalue weighted by Gasteiger charge is -2.13. The minimum atomic E-state index is -4.38. The number of amides is 1. The van der Waals surface area contributed by atoms with Crippen LogP contribution < -0.4 is 5.73 Å². The predicted molar refractivity (Wildman–Crippen MR) is 85.7 cm³/mol. The van der Waals surface area contributed by atoms with E-state index in [-0.39, 0.29) is 6.54 Å². The van der Waals surface area contributed by atoms with Gasteiger partial charge in [-0.3, -0.25) is 4.79 Å². The summed E-state index contributed by atoms with van der Waals surface area (Å²) in [6, 6.07) is 8.32. The molecule has 0 saturated carbocycles. The van der Waals surface area contributed by atoms with E-state index in [1.807, 2.05) is 0 Å². The van der Waals surface area contributed by atoms with Crippen molar-refractivity contribution in [1.82, 2.24) is 14.5 Å². The number of aromatic nitrogens is 3. The number of carbonyl (C=O) groups excluding carboxylic acids is 1. The van der Waals surface area contributed by atoms with Crippen LogP contribution in [0.3, 0.4) is 0 Å². The molecule has 8 heteroatoms. The summed E-state index contributed by atoms with van der Waals surface area (Å²) in [6.45, 7) is 1.87. The third-order valence-electron chi connectivity index (χ3n) is 3.97. The molecule has 1 atom stereocenters. The number of halogens is 3. The van der Waals surface area contributed by atoms with E-state index in [9.17, 15) is 18.0 Å². The molecule has 2 N–H and O–H groups in total. The molecule has 0 radical (unpaired) electrons. The van der Waals surface area contributed by atoms with Crippen molar-refractivity contribution < 1.29 is 18.0 Å². The molecule has 3 aromatic rings. The molecule has 0 fully saturated rings. The Balaban J connectivity index is 2.03. The van der Waals surface area contributed by atoms with Gasteiger partial charge in [0, 0.05) is 6.20 Å². The smallest absolute Gasteiger partial charge is 0.369 e. The second-order valence-corrected chi connectivity index (χ2v) is 5.72. The minimum absolute atomic E-state index is 0.235. The summed E-state index contributed by atoms with van der Waals surface area (Å²) in [5.74, 6) is -0.756. The van der Waals surface area contributed by atoms with Gasteiger partial charge in [-0.2, -0.15) is 13.2 Å². The van der Waals surface area contributed by atoms with Gasteiger partial charge in [0.15, 0.2) is 5.65 Å². The van der Waals surface area contributed by atoms with Gasteiger partial charge in [-0.05, 0) is 36.8 Å². The average Bonchev–Trinajstić information content (AvgIpc) is 2.92. The van der Waals surface area contributed by atoms with Crippen molar-refractivity contribution >= 4 is 17.1 Å². The molecule has 0 aliphatic rings. The van der Waals surface area contributed by atoms with Crippen LogP contribution >= 0.6 is 0 Å². The number of rotatable bonds is 4. The highest BCUT2D eigenvalue weighted by Gasteiger charge is 2.30. The number of fused-ring (bicyclic) bond motifs is 1. The second-order valence-electron chi connectivity index (χ2n) is 5.72. The lowest BCUT2D eigenvalue weighted by molar-refractivity contribution is -0.137. The summed E-state index contributed by atoms with van der Waals surface area (Å²) in [5.41, 5.74) is 6.45. The van der Waals surface area contributed by atoms with E-state index in [2.05, 4.69) is 9.97 Å². The van der Waals surface area contributed by atoms with Crippen molar-refractivity contribution in [1.29, 1.82) is 0 Å². The van der Waals surface area contributed by atoms with Crippen molar-refractivity contribution in [2.24, 2.45) is 5.73 Å². The summed E-state index contributed by atoms with van der Waals surface area (Å²) in [5, 5.41) is 0. The van der Waals surface area contributed by atoms with E-state index < -0.39 is 23.6 Å². The first-order valence-corrected chi connectivity index (χ1v) is 7.54. The maximum absolute atomic E-state index is 12.7. The Morgan fingerprint density at radius 2 is 1.92 bits per heavy atom. The Hall–Kier alpha value is -2.90. The van der Waals surface area contributed by atoms with Gasteiger partial charge in [-0.25, -0.2) is 9.97 Å². The number of hydrogen-bond acceptors (Lipinski definition) is 3. The molecule has 3 rings (SSSR count). The molecule has 2 heterocycles. The first kappa shape index (κ1) is 16.9. The first-order chi connectivity index (χ1) is 11.8. The van der Waals surface area contributed by atoms with E-state index in [0.717, 1.165) is 12.1 Å². The van der Waals surface area contributed by atoms with Gasteiger partial charge >= 0.3 is 6.18 Å². The molecule has 0 saturated heterocycles. The van der Waals surface area contributed by atoms with E-state index in [0.29, 0.717) is 22.6 Å². The third-order valence-corrected chi connectivity index (χ3v) is 3.97. The Morgan fingerprint density at radius 3 is 2.52 bits per heavy atom. The fourth-order valence-electron chi connectivity index (χ4n) is 2.57. The zero-order valence-corrected chi connectivity index (χ0v) is 13.3. The Labute approximate surface area is 141 Å². The van der Waals surface area contributed by atoms with Crippen LogP contribution in [0, 0.1) is 0 Å². The third kappa shape index (κ3) is 3.33. The van der Waals surface area contributed by atoms with Gasteiger partial charge in [0.05, 0.1) is 18.0 Å². The van der Waals surface area contributed by atoms with Crippen molar-refractivity contribution in [3.63, 3.8) is 0 Å². The molecule has 1 aromatic carbocycles. The molecule has 1 amide bonds. The van der Waals surface area contributed by atoms with Gasteiger partial charge in [-0.1, -0.05) is 12.1 Å². The van der Waals surface area contributed by atoms with Gasteiger partial charge in [0.2, 0.25) is 5.91 Å². The molecule has 0 spiro atoms. The summed E-state index contributed by atoms with van der Waals surface area (Å²) in [6.07, 6.45) is -2.79. The highest BCUT2D eigenvalue weighted by Crippen LogP contribution is 2.29. The minimum Gasteiger partial charge on any atom is -0.369 e. The van der Waals surface area contributed by atoms with Crippen LogP contribution in [0.15, 0.2) is 42.6 Å². The molecular formula is C17H15F3N4O. The molecule has 0 bridgehead atoms. The van der Waals surface area contributed by atoms with Crippen LogP contribution in [-0.2, 0) is 17.5 Å². The topological polar surface area (TPSA) is 73.8 Å². The molecule has 5 nitrogen and oxygen atoms in total. The Bertz CT molecular complexity index is 916. The summed E-state index contributed by atoms with van der Waals surface area (Å²) in [7, 11) is 0. The van der Waals surface area contributed by atoms with Crippen molar-refractivity contribution in [3.05, 3.63) is 59.5 Å². The van der Waals surface area contributed by atoms with Crippen molar-refractivity contribution in [2.45, 2.75) is 25.6 Å². The lowest BCUT2D eigenvalue weighted by atomic mass is 10.1. The van der Waals surface area contributed by atoms with E-state index in [1.54, 1.807) is 29.8 Å². The normalized spacial score (nSPS) is 13.1. The highest BCUT2D eigenvalue weighted by atomic mass is 19.4. The van der Waals surface area contributed by atoms with Crippen LogP contribution in [0.2, 0.25) is 0 Å². The average molecular weight is 348 g/mol. The quantitative estimate of drug-likeness (QED) is 0.787. The number of benzene rings is 1. The second kappa shape index (κ2) is 6.19. The van der Waals surface area contributed by atoms with Crippen LogP contribution in [0.5, 0.6) is 0 Å². The molecule has 130 valence electrons. The van der Waals surface area contributed by atoms with Gasteiger partial charge < -0.3 is 10.3 Å². The molecule has 0 aliphatic carbocycles. The molecule has 25 heavy (non-hydrogen) atoms. The summed E-state index contributed by atoms with van der Waals surface area (Å²) in [4.78, 5) is 20.2. The van der Waals surface area contributed by atoms with Gasteiger partial charge in [0.25, 0.3) is 0 Å². The van der Waals surface area contributed by atoms with Crippen LogP contribution in [0.25, 0.3) is 11.2 Å². The fraction of sp³-hybridized carbons (Fsp3) is 0.235. The highest BCUT2D eigenvalue weighted by molar-refractivity contribution is 5.82. The SMILES string of the molecule is CC(C(N)=O)c1nc2cccnc2n1Cc1ccc(C(F)(F)F)cc1. The van der Waals surface area contributed by atoms with Crippen molar-refractivity contribution in [2.75, 3.05) is 0 Å². The van der Waals surface area contributed by atoms with Crippen LogP contribution in [-0.4, -0.2) is 20.4 Å². The summed E-state index contributed by atoms with van der Waals surface area (Å²) < 4.78 is 39.8. The number of hydrogen-bond donors (Lipinski definition) is 1.